The second kappa shape index (κ2) is 9.30. The molecule has 0 fully saturated rings. The van der Waals surface area contributed by atoms with Crippen LogP contribution in [0.15, 0.2) is 48.5 Å². The third kappa shape index (κ3) is 4.73. The first-order valence-electron chi connectivity index (χ1n) is 8.53. The fourth-order valence-electron chi connectivity index (χ4n) is 2.83. The van der Waals surface area contributed by atoms with E-state index in [0.29, 0.717) is 19.8 Å². The van der Waals surface area contributed by atoms with Gasteiger partial charge >= 0.3 is 0 Å². The zero-order chi connectivity index (χ0) is 17.4. The predicted octanol–water partition coefficient (Wildman–Crippen LogP) is 3.62. The molecule has 0 aromatic heterocycles. The number of nitrogens with zero attached hydrogens (tertiary/aromatic N) is 1. The van der Waals surface area contributed by atoms with Crippen LogP contribution < -0.4 is 15.2 Å². The Bertz CT molecular complexity index is 616. The summed E-state index contributed by atoms with van der Waals surface area (Å²) in [6.45, 7) is 6.57. The Hall–Kier alpha value is -2.04. The molecule has 4 nitrogen and oxygen atoms in total. The fourth-order valence-corrected chi connectivity index (χ4v) is 2.83. The van der Waals surface area contributed by atoms with E-state index in [1.165, 1.54) is 5.56 Å². The number of rotatable bonds is 9. The van der Waals surface area contributed by atoms with Crippen molar-refractivity contribution in [2.45, 2.75) is 26.4 Å². The normalized spacial score (nSPS) is 12.2. The van der Waals surface area contributed by atoms with Crippen molar-refractivity contribution in [2.24, 2.45) is 5.73 Å². The minimum atomic E-state index is 0.125. The topological polar surface area (TPSA) is 47.7 Å². The number of benzene rings is 2. The summed E-state index contributed by atoms with van der Waals surface area (Å²) < 4.78 is 11.4. The molecule has 0 aliphatic carbocycles. The van der Waals surface area contributed by atoms with Crippen LogP contribution in [0.1, 0.15) is 31.0 Å². The van der Waals surface area contributed by atoms with E-state index in [1.807, 2.05) is 32.0 Å². The smallest absolute Gasteiger partial charge is 0.161 e. The van der Waals surface area contributed by atoms with Gasteiger partial charge in [0.05, 0.1) is 13.2 Å². The van der Waals surface area contributed by atoms with Crippen LogP contribution in [0.5, 0.6) is 11.5 Å². The van der Waals surface area contributed by atoms with Gasteiger partial charge in [-0.2, -0.15) is 0 Å². The summed E-state index contributed by atoms with van der Waals surface area (Å²) in [6, 6.07) is 16.6. The maximum absolute atomic E-state index is 6.07. The summed E-state index contributed by atoms with van der Waals surface area (Å²) in [6.07, 6.45) is 0. The van der Waals surface area contributed by atoms with Crippen LogP contribution in [0.4, 0.5) is 0 Å². The Balaban J connectivity index is 2.20. The minimum Gasteiger partial charge on any atom is -0.490 e. The summed E-state index contributed by atoms with van der Waals surface area (Å²) in [4.78, 5) is 2.26. The van der Waals surface area contributed by atoms with E-state index in [2.05, 4.69) is 42.3 Å². The molecule has 0 amide bonds. The van der Waals surface area contributed by atoms with Gasteiger partial charge in [0.2, 0.25) is 0 Å². The highest BCUT2D eigenvalue weighted by Gasteiger charge is 2.18. The lowest BCUT2D eigenvalue weighted by Gasteiger charge is -2.28. The average Bonchev–Trinajstić information content (AvgIpc) is 2.59. The van der Waals surface area contributed by atoms with Crippen molar-refractivity contribution in [3.63, 3.8) is 0 Å². The molecule has 2 N–H and O–H groups in total. The van der Waals surface area contributed by atoms with Gasteiger partial charge < -0.3 is 15.2 Å². The number of ether oxygens (including phenoxy) is 2. The van der Waals surface area contributed by atoms with E-state index >= 15 is 0 Å². The van der Waals surface area contributed by atoms with Gasteiger partial charge in [0.1, 0.15) is 0 Å². The summed E-state index contributed by atoms with van der Waals surface area (Å²) in [7, 11) is 2.10. The van der Waals surface area contributed by atoms with Crippen LogP contribution in [0.25, 0.3) is 0 Å². The first-order valence-corrected chi connectivity index (χ1v) is 8.53. The maximum atomic E-state index is 6.07. The van der Waals surface area contributed by atoms with Crippen LogP contribution in [0.3, 0.4) is 0 Å². The first kappa shape index (κ1) is 18.3. The molecule has 4 heteroatoms. The molecule has 2 aromatic carbocycles. The molecule has 1 unspecified atom stereocenters. The Kier molecular flexibility index (Phi) is 7.09. The van der Waals surface area contributed by atoms with Crippen LogP contribution in [-0.4, -0.2) is 31.7 Å². The van der Waals surface area contributed by atoms with E-state index in [0.717, 1.165) is 23.6 Å². The molecule has 130 valence electrons. The molecule has 1 atom stereocenters. The standard InChI is InChI=1S/C20H28N2O2/c1-4-23-19-12-11-17(13-20(19)24-5-2)18(14-21)22(3)15-16-9-7-6-8-10-16/h6-13,18H,4-5,14-15,21H2,1-3H3. The highest BCUT2D eigenvalue weighted by molar-refractivity contribution is 5.44. The maximum Gasteiger partial charge on any atom is 0.161 e. The SMILES string of the molecule is CCOc1ccc(C(CN)N(C)Cc2ccccc2)cc1OCC. The lowest BCUT2D eigenvalue weighted by atomic mass is 10.0. The van der Waals surface area contributed by atoms with E-state index in [4.69, 9.17) is 15.2 Å². The monoisotopic (exact) mass is 328 g/mol. The van der Waals surface area contributed by atoms with Crippen molar-refractivity contribution >= 4 is 0 Å². The lowest BCUT2D eigenvalue weighted by molar-refractivity contribution is 0.239. The largest absolute Gasteiger partial charge is 0.490 e. The van der Waals surface area contributed by atoms with Crippen molar-refractivity contribution in [3.8, 4) is 11.5 Å². The number of hydrogen-bond donors (Lipinski definition) is 1. The van der Waals surface area contributed by atoms with Gasteiger partial charge in [-0.3, -0.25) is 4.90 Å². The number of nitrogens with two attached hydrogens (primary N) is 1. The van der Waals surface area contributed by atoms with Gasteiger partial charge in [-0.1, -0.05) is 36.4 Å². The molecular weight excluding hydrogens is 300 g/mol. The Morgan fingerprint density at radius 1 is 0.958 bits per heavy atom. The van der Waals surface area contributed by atoms with Crippen molar-refractivity contribution < 1.29 is 9.47 Å². The van der Waals surface area contributed by atoms with E-state index < -0.39 is 0 Å². The van der Waals surface area contributed by atoms with E-state index in [-0.39, 0.29) is 6.04 Å². The predicted molar refractivity (Wildman–Crippen MR) is 98.5 cm³/mol. The molecular formula is C20H28N2O2. The number of hydrogen-bond acceptors (Lipinski definition) is 4. The van der Waals surface area contributed by atoms with Gasteiger partial charge in [0.15, 0.2) is 11.5 Å². The van der Waals surface area contributed by atoms with Crippen LogP contribution in [0.2, 0.25) is 0 Å². The third-order valence-corrected chi connectivity index (χ3v) is 3.98. The van der Waals surface area contributed by atoms with Gasteiger partial charge in [-0.05, 0) is 44.2 Å². The molecule has 2 rings (SSSR count). The van der Waals surface area contributed by atoms with Crippen LogP contribution >= 0.6 is 0 Å². The Morgan fingerprint density at radius 2 is 1.62 bits per heavy atom. The van der Waals surface area contributed by atoms with Gasteiger partial charge in [-0.15, -0.1) is 0 Å². The zero-order valence-corrected chi connectivity index (χ0v) is 14.9. The highest BCUT2D eigenvalue weighted by atomic mass is 16.5. The quantitative estimate of drug-likeness (QED) is 0.764. The second-order valence-electron chi connectivity index (χ2n) is 5.72. The minimum absolute atomic E-state index is 0.125. The average molecular weight is 328 g/mol. The summed E-state index contributed by atoms with van der Waals surface area (Å²) in [5.41, 5.74) is 8.48. The van der Waals surface area contributed by atoms with E-state index in [1.54, 1.807) is 0 Å². The van der Waals surface area contributed by atoms with Gasteiger partial charge in [0.25, 0.3) is 0 Å². The summed E-state index contributed by atoms with van der Waals surface area (Å²) in [5, 5.41) is 0. The van der Waals surface area contributed by atoms with Crippen LogP contribution in [-0.2, 0) is 6.54 Å². The van der Waals surface area contributed by atoms with Gasteiger partial charge in [-0.25, -0.2) is 0 Å². The molecule has 0 radical (unpaired) electrons. The number of likely N-dealkylation sites (N-methyl/N-ethyl adjacent to an activating group) is 1. The fraction of sp³-hybridized carbons (Fsp3) is 0.400. The molecule has 0 saturated carbocycles. The van der Waals surface area contributed by atoms with Gasteiger partial charge in [0, 0.05) is 19.1 Å². The Labute approximate surface area is 145 Å². The van der Waals surface area contributed by atoms with Crippen molar-refractivity contribution in [1.82, 2.24) is 4.90 Å². The lowest BCUT2D eigenvalue weighted by Crippen LogP contribution is -2.30. The Morgan fingerprint density at radius 3 is 2.25 bits per heavy atom. The zero-order valence-electron chi connectivity index (χ0n) is 14.9. The van der Waals surface area contributed by atoms with E-state index in [9.17, 15) is 0 Å². The van der Waals surface area contributed by atoms with Crippen molar-refractivity contribution in [2.75, 3.05) is 26.8 Å². The molecule has 0 aliphatic heterocycles. The van der Waals surface area contributed by atoms with Crippen molar-refractivity contribution in [3.05, 3.63) is 59.7 Å². The van der Waals surface area contributed by atoms with Crippen molar-refractivity contribution in [1.29, 1.82) is 0 Å². The summed E-state index contributed by atoms with van der Waals surface area (Å²) in [5.74, 6) is 1.56. The molecule has 0 saturated heterocycles. The molecule has 0 bridgehead atoms. The molecule has 0 spiro atoms. The molecule has 0 heterocycles. The second-order valence-corrected chi connectivity index (χ2v) is 5.72. The first-order chi connectivity index (χ1) is 11.7. The summed E-state index contributed by atoms with van der Waals surface area (Å²) >= 11 is 0. The third-order valence-electron chi connectivity index (χ3n) is 3.98. The highest BCUT2D eigenvalue weighted by Crippen LogP contribution is 2.32. The molecule has 24 heavy (non-hydrogen) atoms. The molecule has 2 aromatic rings. The van der Waals surface area contributed by atoms with Crippen LogP contribution in [0, 0.1) is 0 Å². The molecule has 0 aliphatic rings.